The average Bonchev–Trinajstić information content (AvgIpc) is 2.25. The Labute approximate surface area is 93.3 Å². The summed E-state index contributed by atoms with van der Waals surface area (Å²) >= 11 is 0. The van der Waals surface area contributed by atoms with Crippen LogP contribution in [0.4, 0.5) is 4.39 Å². The summed E-state index contributed by atoms with van der Waals surface area (Å²) < 4.78 is 13.3. The van der Waals surface area contributed by atoms with Crippen molar-refractivity contribution in [2.45, 2.75) is 6.92 Å². The topological polar surface area (TPSA) is 75.3 Å². The maximum atomic E-state index is 13.3. The summed E-state index contributed by atoms with van der Waals surface area (Å²) in [6.07, 6.45) is 0. The van der Waals surface area contributed by atoms with Gasteiger partial charge in [-0.1, -0.05) is 13.0 Å². The second-order valence-electron chi connectivity index (χ2n) is 3.68. The number of carbonyl (C=O) groups excluding carboxylic acids is 1. The van der Waals surface area contributed by atoms with Crippen molar-refractivity contribution < 1.29 is 14.3 Å². The molecule has 16 heavy (non-hydrogen) atoms. The molecule has 0 saturated carbocycles. The standard InChI is InChI=1S/C11H15FN2O2/c1-7(5-13)6-14-11(16)10-8(12)3-2-4-9(10)15/h2-4,7,15H,5-6,13H2,1H3,(H,14,16). The molecule has 1 unspecified atom stereocenters. The minimum absolute atomic E-state index is 0.109. The van der Waals surface area contributed by atoms with Gasteiger partial charge < -0.3 is 16.2 Å². The van der Waals surface area contributed by atoms with E-state index >= 15 is 0 Å². The number of rotatable bonds is 4. The highest BCUT2D eigenvalue weighted by atomic mass is 19.1. The molecular weight excluding hydrogens is 211 g/mol. The lowest BCUT2D eigenvalue weighted by Gasteiger charge is -2.11. The van der Waals surface area contributed by atoms with Gasteiger partial charge in [-0.3, -0.25) is 4.79 Å². The molecule has 0 aliphatic carbocycles. The van der Waals surface area contributed by atoms with Gasteiger partial charge in [0.15, 0.2) is 0 Å². The van der Waals surface area contributed by atoms with Gasteiger partial charge in [0.05, 0.1) is 0 Å². The van der Waals surface area contributed by atoms with E-state index in [1.54, 1.807) is 0 Å². The largest absolute Gasteiger partial charge is 0.507 e. The zero-order valence-corrected chi connectivity index (χ0v) is 9.03. The van der Waals surface area contributed by atoms with Gasteiger partial charge in [-0.2, -0.15) is 0 Å². The molecule has 0 aliphatic heterocycles. The van der Waals surface area contributed by atoms with E-state index in [1.807, 2.05) is 6.92 Å². The Morgan fingerprint density at radius 2 is 2.31 bits per heavy atom. The van der Waals surface area contributed by atoms with Crippen LogP contribution in [0.25, 0.3) is 0 Å². The van der Waals surface area contributed by atoms with E-state index in [4.69, 9.17) is 5.73 Å². The molecule has 0 spiro atoms. The van der Waals surface area contributed by atoms with Gasteiger partial charge >= 0.3 is 0 Å². The monoisotopic (exact) mass is 226 g/mol. The number of phenols is 1. The first-order valence-electron chi connectivity index (χ1n) is 5.02. The second-order valence-corrected chi connectivity index (χ2v) is 3.68. The van der Waals surface area contributed by atoms with E-state index in [9.17, 15) is 14.3 Å². The Balaban J connectivity index is 2.73. The fourth-order valence-corrected chi connectivity index (χ4v) is 1.18. The number of benzene rings is 1. The lowest BCUT2D eigenvalue weighted by Crippen LogP contribution is -2.31. The third-order valence-electron chi connectivity index (χ3n) is 2.23. The van der Waals surface area contributed by atoms with Crippen LogP contribution in [-0.4, -0.2) is 24.1 Å². The van der Waals surface area contributed by atoms with Crippen molar-refractivity contribution in [1.29, 1.82) is 0 Å². The van der Waals surface area contributed by atoms with E-state index in [0.717, 1.165) is 6.07 Å². The average molecular weight is 226 g/mol. The van der Waals surface area contributed by atoms with Crippen molar-refractivity contribution in [3.8, 4) is 5.75 Å². The zero-order chi connectivity index (χ0) is 12.1. The van der Waals surface area contributed by atoms with E-state index in [0.29, 0.717) is 13.1 Å². The molecule has 1 amide bonds. The zero-order valence-electron chi connectivity index (χ0n) is 9.03. The van der Waals surface area contributed by atoms with E-state index in [2.05, 4.69) is 5.32 Å². The smallest absolute Gasteiger partial charge is 0.258 e. The van der Waals surface area contributed by atoms with E-state index in [1.165, 1.54) is 12.1 Å². The molecule has 0 fully saturated rings. The van der Waals surface area contributed by atoms with Crippen molar-refractivity contribution in [2.75, 3.05) is 13.1 Å². The second kappa shape index (κ2) is 5.46. The number of aromatic hydroxyl groups is 1. The summed E-state index contributed by atoms with van der Waals surface area (Å²) in [6, 6.07) is 3.73. The van der Waals surface area contributed by atoms with Crippen molar-refractivity contribution in [1.82, 2.24) is 5.32 Å². The number of nitrogens with two attached hydrogens (primary N) is 1. The van der Waals surface area contributed by atoms with Gasteiger partial charge in [0.25, 0.3) is 5.91 Å². The van der Waals surface area contributed by atoms with Crippen molar-refractivity contribution >= 4 is 5.91 Å². The first-order valence-corrected chi connectivity index (χ1v) is 5.02. The van der Waals surface area contributed by atoms with Crippen LogP contribution in [0.2, 0.25) is 0 Å². The minimum Gasteiger partial charge on any atom is -0.507 e. The first-order chi connectivity index (χ1) is 7.56. The van der Waals surface area contributed by atoms with Crippen molar-refractivity contribution in [3.63, 3.8) is 0 Å². The van der Waals surface area contributed by atoms with E-state index < -0.39 is 11.7 Å². The highest BCUT2D eigenvalue weighted by molar-refractivity contribution is 5.97. The molecule has 0 heterocycles. The molecule has 4 N–H and O–H groups in total. The summed E-state index contributed by atoms with van der Waals surface area (Å²) in [7, 11) is 0. The third kappa shape index (κ3) is 2.93. The Bertz CT molecular complexity index is 362. The van der Waals surface area contributed by atoms with Crippen LogP contribution in [-0.2, 0) is 0 Å². The summed E-state index contributed by atoms with van der Waals surface area (Å²) in [6.45, 7) is 2.65. The fraction of sp³-hybridized carbons (Fsp3) is 0.364. The Hall–Kier alpha value is -1.62. The predicted octanol–water partition coefficient (Wildman–Crippen LogP) is 0.856. The van der Waals surface area contributed by atoms with Crippen LogP contribution < -0.4 is 11.1 Å². The SMILES string of the molecule is CC(CN)CNC(=O)c1c(O)cccc1F. The number of hydrogen-bond donors (Lipinski definition) is 3. The molecule has 0 aliphatic rings. The molecule has 1 aromatic carbocycles. The summed E-state index contributed by atoms with van der Waals surface area (Å²) in [5, 5.41) is 11.9. The van der Waals surface area contributed by atoms with Gasteiger partial charge in [-0.15, -0.1) is 0 Å². The molecule has 1 rings (SSSR count). The fourth-order valence-electron chi connectivity index (χ4n) is 1.18. The number of amides is 1. The van der Waals surface area contributed by atoms with Crippen LogP contribution in [0.15, 0.2) is 18.2 Å². The highest BCUT2D eigenvalue weighted by Crippen LogP contribution is 2.19. The first kappa shape index (κ1) is 12.4. The predicted molar refractivity (Wildman–Crippen MR) is 58.6 cm³/mol. The maximum absolute atomic E-state index is 13.3. The molecule has 0 aromatic heterocycles. The van der Waals surface area contributed by atoms with Gasteiger partial charge in [0.2, 0.25) is 0 Å². The Morgan fingerprint density at radius 3 is 2.88 bits per heavy atom. The van der Waals surface area contributed by atoms with Gasteiger partial charge in [-0.25, -0.2) is 4.39 Å². The van der Waals surface area contributed by atoms with Crippen molar-refractivity contribution in [2.24, 2.45) is 11.7 Å². The van der Waals surface area contributed by atoms with Crippen molar-refractivity contribution in [3.05, 3.63) is 29.6 Å². The summed E-state index contributed by atoms with van der Waals surface area (Å²) in [5.74, 6) is -1.62. The molecule has 0 saturated heterocycles. The molecule has 0 radical (unpaired) electrons. The lowest BCUT2D eigenvalue weighted by molar-refractivity contribution is 0.0941. The van der Waals surface area contributed by atoms with Gasteiger partial charge in [-0.05, 0) is 24.6 Å². The van der Waals surface area contributed by atoms with Crippen LogP contribution in [0, 0.1) is 11.7 Å². The summed E-state index contributed by atoms with van der Waals surface area (Å²) in [4.78, 5) is 11.6. The molecule has 4 nitrogen and oxygen atoms in total. The molecule has 5 heteroatoms. The quantitative estimate of drug-likeness (QED) is 0.712. The Morgan fingerprint density at radius 1 is 1.62 bits per heavy atom. The summed E-state index contributed by atoms with van der Waals surface area (Å²) in [5.41, 5.74) is 5.05. The molecule has 1 aromatic rings. The number of phenolic OH excluding ortho intramolecular Hbond substituents is 1. The third-order valence-corrected chi connectivity index (χ3v) is 2.23. The molecular formula is C11H15FN2O2. The highest BCUT2D eigenvalue weighted by Gasteiger charge is 2.16. The number of hydrogen-bond acceptors (Lipinski definition) is 3. The normalized spacial score (nSPS) is 12.2. The minimum atomic E-state index is -0.738. The number of carbonyl (C=O) groups is 1. The maximum Gasteiger partial charge on any atom is 0.258 e. The van der Waals surface area contributed by atoms with Crippen LogP contribution >= 0.6 is 0 Å². The van der Waals surface area contributed by atoms with Crippen LogP contribution in [0.3, 0.4) is 0 Å². The number of nitrogens with one attached hydrogen (secondary N) is 1. The van der Waals surface area contributed by atoms with E-state index in [-0.39, 0.29) is 17.2 Å². The van der Waals surface area contributed by atoms with Crippen LogP contribution in [0.1, 0.15) is 17.3 Å². The van der Waals surface area contributed by atoms with Gasteiger partial charge in [0, 0.05) is 6.54 Å². The number of halogens is 1. The molecule has 1 atom stereocenters. The molecule has 88 valence electrons. The van der Waals surface area contributed by atoms with Crippen LogP contribution in [0.5, 0.6) is 5.75 Å². The Kier molecular flexibility index (Phi) is 4.25. The molecule has 0 bridgehead atoms. The lowest BCUT2D eigenvalue weighted by atomic mass is 10.1. The van der Waals surface area contributed by atoms with Gasteiger partial charge in [0.1, 0.15) is 17.1 Å².